The van der Waals surface area contributed by atoms with Crippen molar-refractivity contribution in [1.82, 2.24) is 19.8 Å². The largest absolute Gasteiger partial charge is 0.448 e. The summed E-state index contributed by atoms with van der Waals surface area (Å²) in [4.78, 5) is 42.8. The molecule has 1 fully saturated rings. The molecule has 0 radical (unpaired) electrons. The summed E-state index contributed by atoms with van der Waals surface area (Å²) in [6, 6.07) is 27.7. The molecule has 0 spiro atoms. The lowest BCUT2D eigenvalue weighted by Gasteiger charge is -2.49. The Bertz CT molecular complexity index is 1650. The van der Waals surface area contributed by atoms with Crippen molar-refractivity contribution < 1.29 is 19.1 Å². The molecule has 1 saturated heterocycles. The highest BCUT2D eigenvalue weighted by Crippen LogP contribution is 2.42. The van der Waals surface area contributed by atoms with E-state index in [1.165, 1.54) is 28.2 Å². The summed E-state index contributed by atoms with van der Waals surface area (Å²) in [6.07, 6.45) is 3.18. The number of allylic oxidation sites excluding steroid dienone is 1. The number of fused-ring (bicyclic) bond motifs is 1. The first-order valence-electron chi connectivity index (χ1n) is 13.8. The summed E-state index contributed by atoms with van der Waals surface area (Å²) >= 11 is 2.76. The third kappa shape index (κ3) is 6.16. The van der Waals surface area contributed by atoms with Crippen LogP contribution in [0, 0.1) is 6.92 Å². The molecule has 8 nitrogen and oxygen atoms in total. The van der Waals surface area contributed by atoms with E-state index in [0.29, 0.717) is 11.3 Å². The highest BCUT2D eigenvalue weighted by Gasteiger charge is 2.54. The molecule has 2 aliphatic rings. The molecule has 216 valence electrons. The smallest absolute Gasteiger partial charge is 0.356 e. The number of rotatable bonds is 9. The van der Waals surface area contributed by atoms with Crippen LogP contribution >= 0.6 is 23.3 Å². The number of hydrogen-bond donors (Lipinski definition) is 1. The third-order valence-corrected chi connectivity index (χ3v) is 9.36. The highest BCUT2D eigenvalue weighted by molar-refractivity contribution is 8.00. The maximum Gasteiger partial charge on any atom is 0.356 e. The summed E-state index contributed by atoms with van der Waals surface area (Å²) in [6.45, 7) is 1.87. The molecule has 3 heterocycles. The molecule has 43 heavy (non-hydrogen) atoms. The zero-order chi connectivity index (χ0) is 29.8. The van der Waals surface area contributed by atoms with Crippen molar-refractivity contribution >= 4 is 47.2 Å². The number of carbonyl (C=O) groups is 3. The van der Waals surface area contributed by atoms with Crippen LogP contribution in [0.1, 0.15) is 33.4 Å². The van der Waals surface area contributed by atoms with Gasteiger partial charge in [0.05, 0.1) is 17.0 Å². The Morgan fingerprint density at radius 1 is 0.977 bits per heavy atom. The second kappa shape index (κ2) is 12.8. The second-order valence-corrected chi connectivity index (χ2v) is 12.0. The molecular weight excluding hydrogens is 581 g/mol. The van der Waals surface area contributed by atoms with Gasteiger partial charge in [0.15, 0.2) is 6.10 Å². The minimum absolute atomic E-state index is 0.165. The number of aryl methyl sites for hydroxylation is 1. The third-order valence-electron chi connectivity index (χ3n) is 7.27. The number of amides is 2. The molecule has 2 amide bonds. The van der Waals surface area contributed by atoms with Crippen LogP contribution in [0.2, 0.25) is 0 Å². The van der Waals surface area contributed by atoms with Gasteiger partial charge in [-0.15, -0.1) is 16.9 Å². The van der Waals surface area contributed by atoms with E-state index in [1.54, 1.807) is 0 Å². The SMILES string of the molecule is Cc1nnsc1C=CC1=C(C(=O)OC(c2ccccc2)c2ccccc2)N2C(=O)C(NC(=O)Cc3ccccc3)[C@@H]2SC1. The Morgan fingerprint density at radius 3 is 2.21 bits per heavy atom. The topological polar surface area (TPSA) is 101 Å². The Morgan fingerprint density at radius 2 is 1.60 bits per heavy atom. The quantitative estimate of drug-likeness (QED) is 0.209. The van der Waals surface area contributed by atoms with Crippen LogP contribution in [-0.4, -0.2) is 49.4 Å². The van der Waals surface area contributed by atoms with Gasteiger partial charge in [0.2, 0.25) is 5.91 Å². The number of nitrogens with zero attached hydrogens (tertiary/aromatic N) is 3. The van der Waals surface area contributed by atoms with Gasteiger partial charge < -0.3 is 10.1 Å². The number of thioether (sulfide) groups is 1. The molecule has 2 atom stereocenters. The summed E-state index contributed by atoms with van der Waals surface area (Å²) < 4.78 is 10.2. The number of benzene rings is 3. The maximum absolute atomic E-state index is 14.1. The molecule has 1 N–H and O–H groups in total. The lowest BCUT2D eigenvalue weighted by molar-refractivity contribution is -0.154. The molecule has 1 aromatic heterocycles. The molecule has 10 heteroatoms. The van der Waals surface area contributed by atoms with Gasteiger partial charge in [0.1, 0.15) is 17.1 Å². The molecule has 0 aliphatic carbocycles. The van der Waals surface area contributed by atoms with Crippen molar-refractivity contribution in [3.63, 3.8) is 0 Å². The molecule has 0 bridgehead atoms. The van der Waals surface area contributed by atoms with E-state index in [-0.39, 0.29) is 23.9 Å². The first-order valence-corrected chi connectivity index (χ1v) is 15.6. The molecule has 1 unspecified atom stereocenters. The van der Waals surface area contributed by atoms with Crippen LogP contribution in [0.3, 0.4) is 0 Å². The van der Waals surface area contributed by atoms with Crippen LogP contribution < -0.4 is 5.32 Å². The number of ether oxygens (including phenoxy) is 1. The van der Waals surface area contributed by atoms with E-state index in [1.807, 2.05) is 110 Å². The van der Waals surface area contributed by atoms with Crippen molar-refractivity contribution in [2.45, 2.75) is 30.9 Å². The van der Waals surface area contributed by atoms with Crippen molar-refractivity contribution in [3.05, 3.63) is 136 Å². The minimum Gasteiger partial charge on any atom is -0.448 e. The van der Waals surface area contributed by atoms with Crippen molar-refractivity contribution in [2.75, 3.05) is 5.75 Å². The first kappa shape index (κ1) is 28.6. The van der Waals surface area contributed by atoms with Gasteiger partial charge in [-0.2, -0.15) is 0 Å². The van der Waals surface area contributed by atoms with Gasteiger partial charge in [0.25, 0.3) is 5.91 Å². The van der Waals surface area contributed by atoms with Crippen LogP contribution in [-0.2, 0) is 25.5 Å². The normalized spacial score (nSPS) is 18.0. The second-order valence-electron chi connectivity index (χ2n) is 10.2. The predicted octanol–water partition coefficient (Wildman–Crippen LogP) is 5.09. The number of esters is 1. The number of nitrogens with one attached hydrogen (secondary N) is 1. The Kier molecular flexibility index (Phi) is 8.48. The average molecular weight is 609 g/mol. The van der Waals surface area contributed by atoms with E-state index in [9.17, 15) is 14.4 Å². The van der Waals surface area contributed by atoms with Gasteiger partial charge in [-0.3, -0.25) is 14.5 Å². The molecule has 4 aromatic rings. The van der Waals surface area contributed by atoms with E-state index in [2.05, 4.69) is 14.9 Å². The van der Waals surface area contributed by atoms with Crippen LogP contribution in [0.4, 0.5) is 0 Å². The summed E-state index contributed by atoms with van der Waals surface area (Å²) in [5.74, 6) is -0.746. The Balaban J connectivity index is 1.29. The average Bonchev–Trinajstić information content (AvgIpc) is 3.46. The standard InChI is InChI=1S/C33H28N4O4S2/c1-21-26(43-36-35-21)18-17-25-20-42-32-28(34-27(38)19-22-11-5-2-6-12-22)31(39)37(32)29(25)33(40)41-30(23-13-7-3-8-14-23)24-15-9-4-10-16-24/h2-18,28,30,32H,19-20H2,1H3,(H,34,38)/t28?,32-/m0/s1. The molecule has 6 rings (SSSR count). The van der Waals surface area contributed by atoms with Crippen LogP contribution in [0.5, 0.6) is 0 Å². The minimum atomic E-state index is -0.735. The number of carbonyl (C=O) groups excluding carboxylic acids is 3. The van der Waals surface area contributed by atoms with Gasteiger partial charge in [-0.1, -0.05) is 102 Å². The zero-order valence-corrected chi connectivity index (χ0v) is 24.9. The van der Waals surface area contributed by atoms with Gasteiger partial charge in [-0.25, -0.2) is 4.79 Å². The van der Waals surface area contributed by atoms with E-state index in [4.69, 9.17) is 4.74 Å². The predicted molar refractivity (Wildman–Crippen MR) is 167 cm³/mol. The van der Waals surface area contributed by atoms with Gasteiger partial charge >= 0.3 is 5.97 Å². The lowest BCUT2D eigenvalue weighted by Crippen LogP contribution is -2.70. The fourth-order valence-corrected chi connectivity index (χ4v) is 6.95. The Labute approximate surface area is 257 Å². The summed E-state index contributed by atoms with van der Waals surface area (Å²) in [5, 5.41) is 6.52. The molecular formula is C33H28N4O4S2. The fraction of sp³-hybridized carbons (Fsp3) is 0.182. The van der Waals surface area contributed by atoms with Crippen molar-refractivity contribution in [3.8, 4) is 0 Å². The number of aromatic nitrogens is 2. The van der Waals surface area contributed by atoms with Gasteiger partial charge in [0, 0.05) is 5.75 Å². The Hall–Kier alpha value is -4.54. The van der Waals surface area contributed by atoms with Crippen molar-refractivity contribution in [1.29, 1.82) is 0 Å². The van der Waals surface area contributed by atoms with Crippen LogP contribution in [0.25, 0.3) is 6.08 Å². The van der Waals surface area contributed by atoms with E-state index >= 15 is 0 Å². The fourth-order valence-electron chi connectivity index (χ4n) is 5.08. The molecule has 3 aromatic carbocycles. The van der Waals surface area contributed by atoms with Crippen molar-refractivity contribution in [2.24, 2.45) is 0 Å². The zero-order valence-electron chi connectivity index (χ0n) is 23.3. The van der Waals surface area contributed by atoms with E-state index < -0.39 is 23.5 Å². The molecule has 0 saturated carbocycles. The first-order chi connectivity index (χ1) is 21.0. The number of β-lactam (4-membered cyclic amide) rings is 1. The maximum atomic E-state index is 14.1. The summed E-state index contributed by atoms with van der Waals surface area (Å²) in [7, 11) is 0. The molecule has 2 aliphatic heterocycles. The lowest BCUT2D eigenvalue weighted by atomic mass is 10.00. The van der Waals surface area contributed by atoms with Gasteiger partial charge in [-0.05, 0) is 46.8 Å². The van der Waals surface area contributed by atoms with Crippen LogP contribution in [0.15, 0.2) is 108 Å². The summed E-state index contributed by atoms with van der Waals surface area (Å²) in [5.41, 5.74) is 4.11. The highest BCUT2D eigenvalue weighted by atomic mass is 32.2. The van der Waals surface area contributed by atoms with E-state index in [0.717, 1.165) is 27.3 Å². The monoisotopic (exact) mass is 608 g/mol. The number of hydrogen-bond acceptors (Lipinski definition) is 8.